The number of likely N-dealkylation sites (tertiary alicyclic amines) is 1. The van der Waals surface area contributed by atoms with Crippen LogP contribution in [-0.2, 0) is 0 Å². The number of hydrogen-bond donors (Lipinski definition) is 2. The fraction of sp³-hybridized carbons (Fsp3) is 0.667. The van der Waals surface area contributed by atoms with E-state index >= 15 is 0 Å². The molecule has 0 spiro atoms. The number of anilines is 1. The Kier molecular flexibility index (Phi) is 6.07. The summed E-state index contributed by atoms with van der Waals surface area (Å²) in [6.45, 7) is 7.93. The van der Waals surface area contributed by atoms with E-state index in [1.807, 2.05) is 20.8 Å². The number of nitrogens with zero attached hydrogens (tertiary/aromatic N) is 2. The highest BCUT2D eigenvalue weighted by Crippen LogP contribution is 2.16. The van der Waals surface area contributed by atoms with Gasteiger partial charge in [-0.2, -0.15) is 0 Å². The van der Waals surface area contributed by atoms with Crippen LogP contribution in [0.5, 0.6) is 0 Å². The van der Waals surface area contributed by atoms with E-state index in [4.69, 9.17) is 0 Å². The third-order valence-electron chi connectivity index (χ3n) is 2.57. The summed E-state index contributed by atoms with van der Waals surface area (Å²) in [6, 6.07) is 0.0979. The molecule has 2 heterocycles. The molecule has 2 N–H and O–H groups in total. The molecule has 0 aliphatic carbocycles. The van der Waals surface area contributed by atoms with E-state index in [9.17, 15) is 4.79 Å². The largest absolute Gasteiger partial charge is 0.334 e. The van der Waals surface area contributed by atoms with Gasteiger partial charge < -0.3 is 10.2 Å². The first-order valence-corrected chi connectivity index (χ1v) is 7.13. The third kappa shape index (κ3) is 4.62. The van der Waals surface area contributed by atoms with E-state index in [2.05, 4.69) is 27.6 Å². The van der Waals surface area contributed by atoms with Crippen molar-refractivity contribution in [3.63, 3.8) is 0 Å². The van der Waals surface area contributed by atoms with E-state index in [1.165, 1.54) is 11.3 Å². The Morgan fingerprint density at radius 1 is 1.56 bits per heavy atom. The standard InChI is InChI=1S/C10H16N4OS.C2H6/c1-7-5-11-10(16-7)13-9(15)12-8-3-4-14(2)6-8;1-2/h5,8H,3-4,6H2,1-2H3,(H2,11,12,13,15);1-2H3/t8-;/m1./s1. The van der Waals surface area contributed by atoms with E-state index < -0.39 is 0 Å². The molecule has 1 fully saturated rings. The number of nitrogens with one attached hydrogen (secondary N) is 2. The zero-order valence-electron chi connectivity index (χ0n) is 11.5. The summed E-state index contributed by atoms with van der Waals surface area (Å²) in [4.78, 5) is 19.0. The molecule has 102 valence electrons. The summed E-state index contributed by atoms with van der Waals surface area (Å²) < 4.78 is 0. The Hall–Kier alpha value is -1.14. The molecule has 1 aromatic heterocycles. The molecule has 6 heteroatoms. The van der Waals surface area contributed by atoms with Gasteiger partial charge in [-0.25, -0.2) is 9.78 Å². The lowest BCUT2D eigenvalue weighted by Crippen LogP contribution is -2.39. The quantitative estimate of drug-likeness (QED) is 0.867. The van der Waals surface area contributed by atoms with Gasteiger partial charge in [0.25, 0.3) is 0 Å². The second kappa shape index (κ2) is 7.33. The van der Waals surface area contributed by atoms with Gasteiger partial charge in [-0.1, -0.05) is 13.8 Å². The van der Waals surface area contributed by atoms with Gasteiger partial charge in [0.15, 0.2) is 5.13 Å². The summed E-state index contributed by atoms with van der Waals surface area (Å²) in [6.07, 6.45) is 2.77. The summed E-state index contributed by atoms with van der Waals surface area (Å²) in [5.74, 6) is 0. The maximum absolute atomic E-state index is 11.6. The van der Waals surface area contributed by atoms with Crippen LogP contribution in [0.15, 0.2) is 6.20 Å². The number of carbonyl (C=O) groups is 1. The van der Waals surface area contributed by atoms with E-state index in [0.29, 0.717) is 5.13 Å². The minimum absolute atomic E-state index is 0.158. The molecule has 0 unspecified atom stereocenters. The highest BCUT2D eigenvalue weighted by Gasteiger charge is 2.21. The summed E-state index contributed by atoms with van der Waals surface area (Å²) in [5, 5.41) is 6.34. The molecule has 1 aliphatic heterocycles. The van der Waals surface area contributed by atoms with Crippen molar-refractivity contribution in [1.82, 2.24) is 15.2 Å². The van der Waals surface area contributed by atoms with Gasteiger partial charge in [0.2, 0.25) is 0 Å². The van der Waals surface area contributed by atoms with Gasteiger partial charge in [-0.3, -0.25) is 5.32 Å². The van der Waals surface area contributed by atoms with Gasteiger partial charge in [0, 0.05) is 23.7 Å². The van der Waals surface area contributed by atoms with Gasteiger partial charge in [-0.15, -0.1) is 11.3 Å². The lowest BCUT2D eigenvalue weighted by Gasteiger charge is -2.12. The summed E-state index contributed by atoms with van der Waals surface area (Å²) in [5.41, 5.74) is 0. The Bertz CT molecular complexity index is 380. The summed E-state index contributed by atoms with van der Waals surface area (Å²) >= 11 is 1.48. The average molecular weight is 270 g/mol. The van der Waals surface area contributed by atoms with Gasteiger partial charge in [-0.05, 0) is 26.9 Å². The number of thiazole rings is 1. The molecule has 18 heavy (non-hydrogen) atoms. The fourth-order valence-electron chi connectivity index (χ4n) is 1.78. The highest BCUT2D eigenvalue weighted by atomic mass is 32.1. The number of hydrogen-bond acceptors (Lipinski definition) is 4. The van der Waals surface area contributed by atoms with Crippen molar-refractivity contribution in [2.24, 2.45) is 0 Å². The molecule has 5 nitrogen and oxygen atoms in total. The first-order chi connectivity index (χ1) is 8.63. The van der Waals surface area contributed by atoms with E-state index in [1.54, 1.807) is 6.20 Å². The lowest BCUT2D eigenvalue weighted by molar-refractivity contribution is 0.248. The molecule has 0 aromatic carbocycles. The molecule has 2 amide bonds. The second-order valence-corrected chi connectivity index (χ2v) is 5.36. The van der Waals surface area contributed by atoms with Crippen molar-refractivity contribution in [1.29, 1.82) is 0 Å². The minimum Gasteiger partial charge on any atom is -0.334 e. The van der Waals surface area contributed by atoms with Crippen molar-refractivity contribution in [2.45, 2.75) is 33.2 Å². The van der Waals surface area contributed by atoms with Gasteiger partial charge in [0.05, 0.1) is 0 Å². The van der Waals surface area contributed by atoms with Crippen molar-refractivity contribution < 1.29 is 4.79 Å². The number of carbonyl (C=O) groups excluding carboxylic acids is 1. The number of aromatic nitrogens is 1. The zero-order valence-corrected chi connectivity index (χ0v) is 12.3. The second-order valence-electron chi connectivity index (χ2n) is 4.12. The normalized spacial score (nSPS) is 19.0. The van der Waals surface area contributed by atoms with Crippen molar-refractivity contribution in [3.8, 4) is 0 Å². The molecule has 2 rings (SSSR count). The van der Waals surface area contributed by atoms with Crippen LogP contribution in [0.25, 0.3) is 0 Å². The molecular weight excluding hydrogens is 248 g/mol. The van der Waals surface area contributed by atoms with Crippen LogP contribution in [0.2, 0.25) is 0 Å². The van der Waals surface area contributed by atoms with Crippen LogP contribution < -0.4 is 10.6 Å². The van der Waals surface area contributed by atoms with Crippen molar-refractivity contribution in [3.05, 3.63) is 11.1 Å². The maximum atomic E-state index is 11.6. The maximum Gasteiger partial charge on any atom is 0.321 e. The first-order valence-electron chi connectivity index (χ1n) is 6.32. The minimum atomic E-state index is -0.158. The smallest absolute Gasteiger partial charge is 0.321 e. The molecule has 0 bridgehead atoms. The van der Waals surface area contributed by atoms with Gasteiger partial charge >= 0.3 is 6.03 Å². The average Bonchev–Trinajstić information content (AvgIpc) is 2.91. The predicted octanol–water partition coefficient (Wildman–Crippen LogP) is 2.30. The van der Waals surface area contributed by atoms with Crippen LogP contribution in [-0.4, -0.2) is 42.1 Å². The van der Waals surface area contributed by atoms with E-state index in [0.717, 1.165) is 24.4 Å². The van der Waals surface area contributed by atoms with Crippen LogP contribution in [0.1, 0.15) is 25.1 Å². The number of aryl methyl sites for hydroxylation is 1. The molecule has 1 aliphatic rings. The molecule has 1 aromatic rings. The number of amides is 2. The lowest BCUT2D eigenvalue weighted by atomic mass is 10.3. The van der Waals surface area contributed by atoms with Crippen molar-refractivity contribution >= 4 is 22.5 Å². The zero-order chi connectivity index (χ0) is 13.5. The first kappa shape index (κ1) is 14.9. The van der Waals surface area contributed by atoms with Crippen molar-refractivity contribution in [2.75, 3.05) is 25.5 Å². The van der Waals surface area contributed by atoms with Crippen LogP contribution >= 0.6 is 11.3 Å². The van der Waals surface area contributed by atoms with Crippen LogP contribution in [0, 0.1) is 6.92 Å². The number of rotatable bonds is 2. The van der Waals surface area contributed by atoms with Crippen LogP contribution in [0.3, 0.4) is 0 Å². The topological polar surface area (TPSA) is 57.3 Å². The predicted molar refractivity (Wildman–Crippen MR) is 76.3 cm³/mol. The Balaban J connectivity index is 0.000000771. The summed E-state index contributed by atoms with van der Waals surface area (Å²) in [7, 11) is 2.06. The fourth-order valence-corrected chi connectivity index (χ4v) is 2.44. The SMILES string of the molecule is CC.Cc1cnc(NC(=O)N[C@@H]2CCN(C)C2)s1. The Morgan fingerprint density at radius 2 is 2.28 bits per heavy atom. The highest BCUT2D eigenvalue weighted by molar-refractivity contribution is 7.15. The monoisotopic (exact) mass is 270 g/mol. The van der Waals surface area contributed by atoms with Crippen LogP contribution in [0.4, 0.5) is 9.93 Å². The molecule has 1 saturated heterocycles. The Morgan fingerprint density at radius 3 is 2.78 bits per heavy atom. The molecule has 0 radical (unpaired) electrons. The van der Waals surface area contributed by atoms with E-state index in [-0.39, 0.29) is 12.1 Å². The Labute approximate surface area is 113 Å². The molecular formula is C12H22N4OS. The van der Waals surface area contributed by atoms with Gasteiger partial charge in [0.1, 0.15) is 0 Å². The molecule has 0 saturated carbocycles. The molecule has 1 atom stereocenters. The number of urea groups is 1. The third-order valence-corrected chi connectivity index (χ3v) is 3.40. The number of likely N-dealkylation sites (N-methyl/N-ethyl adjacent to an activating group) is 1.